The van der Waals surface area contributed by atoms with Gasteiger partial charge < -0.3 is 5.73 Å². The molecule has 2 nitrogen and oxygen atoms in total. The predicted octanol–water partition coefficient (Wildman–Crippen LogP) is 3.86. The van der Waals surface area contributed by atoms with Crippen LogP contribution in [0.4, 0.5) is 8.78 Å². The van der Waals surface area contributed by atoms with E-state index in [1.807, 2.05) is 36.2 Å². The number of nitrogens with zero attached hydrogens (tertiary/aromatic N) is 1. The molecule has 0 saturated carbocycles. The lowest BCUT2D eigenvalue weighted by Crippen LogP contribution is -2.31. The van der Waals surface area contributed by atoms with Crippen molar-refractivity contribution in [2.24, 2.45) is 5.73 Å². The summed E-state index contributed by atoms with van der Waals surface area (Å²) in [5.74, 6) is -1.15. The first kappa shape index (κ1) is 16.1. The highest BCUT2D eigenvalue weighted by Gasteiger charge is 2.20. The van der Waals surface area contributed by atoms with Crippen LogP contribution in [-0.4, -0.2) is 18.5 Å². The molecule has 2 aromatic rings. The van der Waals surface area contributed by atoms with Crippen molar-refractivity contribution in [1.82, 2.24) is 4.90 Å². The molecule has 21 heavy (non-hydrogen) atoms. The van der Waals surface area contributed by atoms with Crippen molar-refractivity contribution in [2.75, 3.05) is 13.6 Å². The van der Waals surface area contributed by atoms with E-state index in [1.165, 1.54) is 12.1 Å². The molecule has 0 radical (unpaired) electrons. The Kier molecular flexibility index (Phi) is 5.45. The molecule has 0 saturated heterocycles. The highest BCUT2D eigenvalue weighted by molar-refractivity contribution is 9.10. The monoisotopic (exact) mass is 354 g/mol. The topological polar surface area (TPSA) is 29.3 Å². The summed E-state index contributed by atoms with van der Waals surface area (Å²) in [5, 5.41) is 0. The molecule has 2 aromatic carbocycles. The summed E-state index contributed by atoms with van der Waals surface area (Å²) in [7, 11) is 1.87. The molecule has 5 heteroatoms. The maximum atomic E-state index is 13.9. The molecule has 0 heterocycles. The first-order chi connectivity index (χ1) is 10.0. The van der Waals surface area contributed by atoms with Crippen molar-refractivity contribution in [3.63, 3.8) is 0 Å². The molecule has 1 unspecified atom stereocenters. The zero-order valence-corrected chi connectivity index (χ0v) is 13.3. The van der Waals surface area contributed by atoms with Gasteiger partial charge in [0.15, 0.2) is 0 Å². The van der Waals surface area contributed by atoms with Crippen molar-refractivity contribution in [1.29, 1.82) is 0 Å². The van der Waals surface area contributed by atoms with Crippen LogP contribution in [-0.2, 0) is 6.54 Å². The maximum absolute atomic E-state index is 13.9. The van der Waals surface area contributed by atoms with Crippen LogP contribution in [0.2, 0.25) is 0 Å². The van der Waals surface area contributed by atoms with E-state index < -0.39 is 11.6 Å². The number of hydrogen-bond donors (Lipinski definition) is 1. The third-order valence-electron chi connectivity index (χ3n) is 3.45. The minimum Gasteiger partial charge on any atom is -0.329 e. The number of hydrogen-bond acceptors (Lipinski definition) is 2. The third-order valence-corrected chi connectivity index (χ3v) is 4.23. The van der Waals surface area contributed by atoms with Gasteiger partial charge >= 0.3 is 0 Å². The van der Waals surface area contributed by atoms with Crippen LogP contribution in [0.5, 0.6) is 0 Å². The molecule has 1 atom stereocenters. The smallest absolute Gasteiger partial charge is 0.130 e. The summed E-state index contributed by atoms with van der Waals surface area (Å²) in [5.41, 5.74) is 7.29. The lowest BCUT2D eigenvalue weighted by molar-refractivity contribution is 0.236. The average molecular weight is 355 g/mol. The molecule has 0 bridgehead atoms. The van der Waals surface area contributed by atoms with Gasteiger partial charge in [-0.3, -0.25) is 4.90 Å². The first-order valence-electron chi connectivity index (χ1n) is 6.61. The van der Waals surface area contributed by atoms with Crippen LogP contribution >= 0.6 is 15.9 Å². The fraction of sp³-hybridized carbons (Fsp3) is 0.250. The highest BCUT2D eigenvalue weighted by Crippen LogP contribution is 2.25. The van der Waals surface area contributed by atoms with Gasteiger partial charge in [0.2, 0.25) is 0 Å². The summed E-state index contributed by atoms with van der Waals surface area (Å²) in [6, 6.07) is 11.1. The maximum Gasteiger partial charge on any atom is 0.130 e. The number of rotatable bonds is 5. The third kappa shape index (κ3) is 3.87. The second-order valence-electron chi connectivity index (χ2n) is 4.92. The van der Waals surface area contributed by atoms with E-state index in [4.69, 9.17) is 5.73 Å². The van der Waals surface area contributed by atoms with E-state index in [-0.39, 0.29) is 12.6 Å². The van der Waals surface area contributed by atoms with Crippen LogP contribution in [0.25, 0.3) is 0 Å². The summed E-state index contributed by atoms with van der Waals surface area (Å²) in [6.07, 6.45) is 0. The Labute approximate surface area is 131 Å². The van der Waals surface area contributed by atoms with Gasteiger partial charge in [0, 0.05) is 35.2 Å². The molecule has 0 aliphatic heterocycles. The minimum absolute atomic E-state index is 0.253. The Balaban J connectivity index is 2.22. The fourth-order valence-electron chi connectivity index (χ4n) is 2.32. The molecular formula is C16H17BrF2N2. The van der Waals surface area contributed by atoms with Crippen LogP contribution in [0, 0.1) is 11.6 Å². The summed E-state index contributed by atoms with van der Waals surface area (Å²) < 4.78 is 28.0. The van der Waals surface area contributed by atoms with Gasteiger partial charge in [0.05, 0.1) is 0 Å². The Bertz CT molecular complexity index is 619. The number of benzene rings is 2. The molecule has 0 aliphatic carbocycles. The van der Waals surface area contributed by atoms with Gasteiger partial charge in [-0.1, -0.05) is 40.2 Å². The van der Waals surface area contributed by atoms with E-state index >= 15 is 0 Å². The van der Waals surface area contributed by atoms with Gasteiger partial charge in [-0.2, -0.15) is 0 Å². The van der Waals surface area contributed by atoms with Crippen LogP contribution in [0.15, 0.2) is 46.9 Å². The van der Waals surface area contributed by atoms with Gasteiger partial charge in [0.1, 0.15) is 11.6 Å². The Hall–Kier alpha value is -1.30. The number of nitrogens with two attached hydrogens (primary N) is 1. The molecule has 0 amide bonds. The molecule has 0 fully saturated rings. The van der Waals surface area contributed by atoms with Gasteiger partial charge in [0.25, 0.3) is 0 Å². The molecule has 2 N–H and O–H groups in total. The quantitative estimate of drug-likeness (QED) is 0.883. The predicted molar refractivity (Wildman–Crippen MR) is 83.8 cm³/mol. The zero-order chi connectivity index (χ0) is 15.4. The average Bonchev–Trinajstić information content (AvgIpc) is 2.44. The van der Waals surface area contributed by atoms with Crippen molar-refractivity contribution >= 4 is 15.9 Å². The second-order valence-corrected chi connectivity index (χ2v) is 5.78. The lowest BCUT2D eigenvalue weighted by Gasteiger charge is -2.28. The van der Waals surface area contributed by atoms with Crippen LogP contribution < -0.4 is 5.73 Å². The van der Waals surface area contributed by atoms with E-state index in [0.717, 1.165) is 16.1 Å². The second kappa shape index (κ2) is 7.11. The summed E-state index contributed by atoms with van der Waals surface area (Å²) in [6.45, 7) is 0.865. The fourth-order valence-corrected chi connectivity index (χ4v) is 2.73. The van der Waals surface area contributed by atoms with E-state index in [0.29, 0.717) is 12.1 Å². The SMILES string of the molecule is CN(Cc1ccccc1Br)C(CN)c1ccc(F)cc1F. The zero-order valence-electron chi connectivity index (χ0n) is 11.7. The minimum atomic E-state index is -0.583. The van der Waals surface area contributed by atoms with Gasteiger partial charge in [-0.25, -0.2) is 8.78 Å². The Morgan fingerprint density at radius 1 is 1.19 bits per heavy atom. The highest BCUT2D eigenvalue weighted by atomic mass is 79.9. The normalized spacial score (nSPS) is 12.7. The summed E-state index contributed by atoms with van der Waals surface area (Å²) >= 11 is 3.49. The van der Waals surface area contributed by atoms with Crippen molar-refractivity contribution in [3.8, 4) is 0 Å². The molecule has 2 rings (SSSR count). The number of likely N-dealkylation sites (N-methyl/N-ethyl adjacent to an activating group) is 1. The van der Waals surface area contributed by atoms with Crippen LogP contribution in [0.1, 0.15) is 17.2 Å². The van der Waals surface area contributed by atoms with E-state index in [1.54, 1.807) is 0 Å². The Morgan fingerprint density at radius 3 is 2.52 bits per heavy atom. The molecule has 0 aliphatic rings. The van der Waals surface area contributed by atoms with Gasteiger partial charge in [-0.15, -0.1) is 0 Å². The van der Waals surface area contributed by atoms with E-state index in [9.17, 15) is 8.78 Å². The molecule has 0 spiro atoms. The van der Waals surface area contributed by atoms with Crippen molar-refractivity contribution in [3.05, 3.63) is 69.7 Å². The first-order valence-corrected chi connectivity index (χ1v) is 7.41. The lowest BCUT2D eigenvalue weighted by atomic mass is 10.0. The Morgan fingerprint density at radius 2 is 1.90 bits per heavy atom. The van der Waals surface area contributed by atoms with Crippen LogP contribution in [0.3, 0.4) is 0 Å². The molecule has 112 valence electrons. The largest absolute Gasteiger partial charge is 0.329 e. The molecular weight excluding hydrogens is 338 g/mol. The van der Waals surface area contributed by atoms with Crippen molar-refractivity contribution < 1.29 is 8.78 Å². The standard InChI is InChI=1S/C16H17BrF2N2/c1-21(10-11-4-2-3-5-14(11)17)16(9-20)13-7-6-12(18)8-15(13)19/h2-8,16H,9-10,20H2,1H3. The molecule has 0 aromatic heterocycles. The summed E-state index contributed by atoms with van der Waals surface area (Å²) in [4.78, 5) is 1.95. The van der Waals surface area contributed by atoms with Gasteiger partial charge in [-0.05, 0) is 24.7 Å². The van der Waals surface area contributed by atoms with E-state index in [2.05, 4.69) is 15.9 Å². The van der Waals surface area contributed by atoms with Crippen molar-refractivity contribution in [2.45, 2.75) is 12.6 Å². The number of halogens is 3.